The largest absolute Gasteiger partial charge is 0.465 e. The summed E-state index contributed by atoms with van der Waals surface area (Å²) in [7, 11) is 1.81. The van der Waals surface area contributed by atoms with Crippen molar-refractivity contribution in [2.45, 2.75) is 32.4 Å². The third-order valence-corrected chi connectivity index (χ3v) is 2.04. The molecule has 0 fully saturated rings. The molecule has 1 rings (SSSR count). The fourth-order valence-corrected chi connectivity index (χ4v) is 1.45. The van der Waals surface area contributed by atoms with Gasteiger partial charge in [-0.2, -0.15) is 0 Å². The van der Waals surface area contributed by atoms with Gasteiger partial charge in [-0.3, -0.25) is 0 Å². The first-order chi connectivity index (χ1) is 5.95. The van der Waals surface area contributed by atoms with E-state index in [-0.39, 0.29) is 6.04 Å². The van der Waals surface area contributed by atoms with Gasteiger partial charge in [0, 0.05) is 0 Å². The lowest BCUT2D eigenvalue weighted by atomic mass is 9.97. The molecule has 13 heavy (non-hydrogen) atoms. The van der Waals surface area contributed by atoms with Crippen molar-refractivity contribution < 1.29 is 9.52 Å². The standard InChI is InChI=1S/C10H17NO2/c1-7-5-6-8(13-7)9(11-4)10(2,3)12/h5-6,9,11-12H,1-4H3. The molecule has 0 saturated carbocycles. The molecular formula is C10H17NO2. The molecule has 0 aliphatic rings. The molecule has 0 aliphatic heterocycles. The maximum absolute atomic E-state index is 9.82. The van der Waals surface area contributed by atoms with Crippen LogP contribution < -0.4 is 5.32 Å². The number of hydrogen-bond acceptors (Lipinski definition) is 3. The predicted octanol–water partition coefficient (Wildman–Crippen LogP) is 1.62. The molecule has 0 saturated heterocycles. The first kappa shape index (κ1) is 10.3. The van der Waals surface area contributed by atoms with Crippen LogP contribution in [-0.4, -0.2) is 17.8 Å². The Kier molecular flexibility index (Phi) is 2.78. The van der Waals surface area contributed by atoms with Gasteiger partial charge in [0.05, 0.1) is 11.6 Å². The normalized spacial score (nSPS) is 14.5. The van der Waals surface area contributed by atoms with E-state index in [0.29, 0.717) is 0 Å². The van der Waals surface area contributed by atoms with Crippen LogP contribution in [0, 0.1) is 6.92 Å². The minimum absolute atomic E-state index is 0.166. The molecule has 0 bridgehead atoms. The summed E-state index contributed by atoms with van der Waals surface area (Å²) in [5, 5.41) is 12.8. The topological polar surface area (TPSA) is 45.4 Å². The highest BCUT2D eigenvalue weighted by atomic mass is 16.3. The molecule has 0 aliphatic carbocycles. The average molecular weight is 183 g/mol. The Hall–Kier alpha value is -0.800. The van der Waals surface area contributed by atoms with Crippen LogP contribution in [0.1, 0.15) is 31.4 Å². The Morgan fingerprint density at radius 2 is 2.08 bits per heavy atom. The van der Waals surface area contributed by atoms with E-state index in [1.807, 2.05) is 19.1 Å². The van der Waals surface area contributed by atoms with Crippen LogP contribution in [0.3, 0.4) is 0 Å². The van der Waals surface area contributed by atoms with Crippen LogP contribution in [0.5, 0.6) is 0 Å². The second-order valence-electron chi connectivity index (χ2n) is 3.82. The number of nitrogens with one attached hydrogen (secondary N) is 1. The van der Waals surface area contributed by atoms with E-state index < -0.39 is 5.60 Å². The number of aliphatic hydroxyl groups is 1. The number of aryl methyl sites for hydroxylation is 1. The first-order valence-electron chi connectivity index (χ1n) is 4.41. The van der Waals surface area contributed by atoms with Crippen LogP contribution in [0.15, 0.2) is 16.5 Å². The summed E-state index contributed by atoms with van der Waals surface area (Å²) < 4.78 is 5.44. The van der Waals surface area contributed by atoms with Gasteiger partial charge in [0.25, 0.3) is 0 Å². The van der Waals surface area contributed by atoms with Crippen molar-refractivity contribution in [2.24, 2.45) is 0 Å². The van der Waals surface area contributed by atoms with Crippen molar-refractivity contribution in [1.82, 2.24) is 5.32 Å². The van der Waals surface area contributed by atoms with E-state index in [2.05, 4.69) is 5.32 Å². The van der Waals surface area contributed by atoms with Gasteiger partial charge in [0.1, 0.15) is 11.5 Å². The summed E-state index contributed by atoms with van der Waals surface area (Å²) in [5.74, 6) is 1.63. The number of hydrogen-bond donors (Lipinski definition) is 2. The van der Waals surface area contributed by atoms with Crippen LogP contribution in [0.25, 0.3) is 0 Å². The highest BCUT2D eigenvalue weighted by molar-refractivity contribution is 5.12. The molecule has 1 aromatic rings. The Balaban J connectivity index is 2.91. The SMILES string of the molecule is CNC(c1ccc(C)o1)C(C)(C)O. The summed E-state index contributed by atoms with van der Waals surface area (Å²) in [5.41, 5.74) is -0.820. The molecule has 1 unspecified atom stereocenters. The van der Waals surface area contributed by atoms with Crippen molar-refractivity contribution in [2.75, 3.05) is 7.05 Å². The molecule has 2 N–H and O–H groups in total. The molecule has 3 heteroatoms. The van der Waals surface area contributed by atoms with Gasteiger partial charge in [0.2, 0.25) is 0 Å². The Morgan fingerprint density at radius 1 is 1.46 bits per heavy atom. The van der Waals surface area contributed by atoms with Gasteiger partial charge >= 0.3 is 0 Å². The van der Waals surface area contributed by atoms with Gasteiger partial charge in [-0.15, -0.1) is 0 Å². The molecule has 0 amide bonds. The zero-order chi connectivity index (χ0) is 10.1. The molecule has 0 spiro atoms. The third-order valence-electron chi connectivity index (χ3n) is 2.04. The first-order valence-corrected chi connectivity index (χ1v) is 4.41. The van der Waals surface area contributed by atoms with Crippen LogP contribution >= 0.6 is 0 Å². The zero-order valence-corrected chi connectivity index (χ0v) is 8.59. The summed E-state index contributed by atoms with van der Waals surface area (Å²) in [6.45, 7) is 5.40. The maximum Gasteiger partial charge on any atom is 0.124 e. The van der Waals surface area contributed by atoms with Gasteiger partial charge in [-0.05, 0) is 40.0 Å². The highest BCUT2D eigenvalue weighted by Crippen LogP contribution is 2.26. The fourth-order valence-electron chi connectivity index (χ4n) is 1.45. The second kappa shape index (κ2) is 3.52. The average Bonchev–Trinajstić information content (AvgIpc) is 2.34. The third kappa shape index (κ3) is 2.32. The Bertz CT molecular complexity index is 273. The second-order valence-corrected chi connectivity index (χ2v) is 3.82. The molecule has 0 radical (unpaired) electrons. The van der Waals surface area contributed by atoms with E-state index in [4.69, 9.17) is 4.42 Å². The smallest absolute Gasteiger partial charge is 0.124 e. The number of furan rings is 1. The molecule has 74 valence electrons. The van der Waals surface area contributed by atoms with E-state index in [1.54, 1.807) is 20.9 Å². The van der Waals surface area contributed by atoms with Crippen molar-refractivity contribution in [3.8, 4) is 0 Å². The maximum atomic E-state index is 9.82. The summed E-state index contributed by atoms with van der Waals surface area (Å²) >= 11 is 0. The zero-order valence-electron chi connectivity index (χ0n) is 8.59. The van der Waals surface area contributed by atoms with Gasteiger partial charge in [-0.25, -0.2) is 0 Å². The molecule has 3 nitrogen and oxygen atoms in total. The molecule has 0 aromatic carbocycles. The predicted molar refractivity (Wildman–Crippen MR) is 51.5 cm³/mol. The minimum Gasteiger partial charge on any atom is -0.465 e. The summed E-state index contributed by atoms with van der Waals surface area (Å²) in [6.07, 6.45) is 0. The van der Waals surface area contributed by atoms with Gasteiger partial charge in [-0.1, -0.05) is 0 Å². The monoisotopic (exact) mass is 183 g/mol. The Labute approximate surface area is 78.8 Å². The summed E-state index contributed by atoms with van der Waals surface area (Å²) in [4.78, 5) is 0. The van der Waals surface area contributed by atoms with E-state index in [9.17, 15) is 5.11 Å². The van der Waals surface area contributed by atoms with Crippen molar-refractivity contribution >= 4 is 0 Å². The van der Waals surface area contributed by atoms with Crippen molar-refractivity contribution in [3.63, 3.8) is 0 Å². The van der Waals surface area contributed by atoms with Crippen LogP contribution in [0.4, 0.5) is 0 Å². The lowest BCUT2D eigenvalue weighted by Gasteiger charge is -2.27. The van der Waals surface area contributed by atoms with Gasteiger partial charge in [0.15, 0.2) is 0 Å². The van der Waals surface area contributed by atoms with E-state index in [0.717, 1.165) is 11.5 Å². The van der Waals surface area contributed by atoms with Gasteiger partial charge < -0.3 is 14.8 Å². The Morgan fingerprint density at radius 3 is 2.38 bits per heavy atom. The molecule has 1 atom stereocenters. The quantitative estimate of drug-likeness (QED) is 0.748. The molecular weight excluding hydrogens is 166 g/mol. The van der Waals surface area contributed by atoms with E-state index in [1.165, 1.54) is 0 Å². The summed E-state index contributed by atoms with van der Waals surface area (Å²) in [6, 6.07) is 3.61. The lowest BCUT2D eigenvalue weighted by molar-refractivity contribution is 0.0319. The highest BCUT2D eigenvalue weighted by Gasteiger charge is 2.29. The van der Waals surface area contributed by atoms with Crippen LogP contribution in [-0.2, 0) is 0 Å². The van der Waals surface area contributed by atoms with Crippen LogP contribution in [0.2, 0.25) is 0 Å². The van der Waals surface area contributed by atoms with E-state index >= 15 is 0 Å². The number of rotatable bonds is 3. The molecule has 1 aromatic heterocycles. The lowest BCUT2D eigenvalue weighted by Crippen LogP contribution is -2.37. The number of likely N-dealkylation sites (N-methyl/N-ethyl adjacent to an activating group) is 1. The van der Waals surface area contributed by atoms with Crippen molar-refractivity contribution in [1.29, 1.82) is 0 Å². The molecule has 1 heterocycles. The fraction of sp³-hybridized carbons (Fsp3) is 0.600. The minimum atomic E-state index is -0.820. The van der Waals surface area contributed by atoms with Crippen molar-refractivity contribution in [3.05, 3.63) is 23.7 Å².